The van der Waals surface area contributed by atoms with E-state index in [0.717, 1.165) is 5.75 Å². The van der Waals surface area contributed by atoms with E-state index in [9.17, 15) is 9.59 Å². The summed E-state index contributed by atoms with van der Waals surface area (Å²) in [4.78, 5) is 23.8. The molecule has 22 heavy (non-hydrogen) atoms. The molecule has 4 heteroatoms. The number of carbonyl (C=O) groups excluding carboxylic acids is 2. The van der Waals surface area contributed by atoms with Crippen LogP contribution in [0.5, 0.6) is 5.75 Å². The monoisotopic (exact) mass is 297 g/mol. The highest BCUT2D eigenvalue weighted by molar-refractivity contribution is 5.99. The molecule has 0 aromatic heterocycles. The second-order valence-corrected chi connectivity index (χ2v) is 4.79. The molecule has 0 aliphatic carbocycles. The Hall–Kier alpha value is -2.62. The van der Waals surface area contributed by atoms with Crippen LogP contribution in [0.15, 0.2) is 54.6 Å². The minimum atomic E-state index is -0.173. The van der Waals surface area contributed by atoms with E-state index in [4.69, 9.17) is 4.74 Å². The van der Waals surface area contributed by atoms with E-state index in [1.165, 1.54) is 0 Å². The first-order valence-corrected chi connectivity index (χ1v) is 7.30. The Balaban J connectivity index is 1.81. The maximum atomic E-state index is 11.9. The third-order valence-corrected chi connectivity index (χ3v) is 3.12. The third-order valence-electron chi connectivity index (χ3n) is 3.12. The highest BCUT2D eigenvalue weighted by Crippen LogP contribution is 2.16. The molecule has 0 saturated carbocycles. The number of ether oxygens (including phenoxy) is 1. The predicted molar refractivity (Wildman–Crippen MR) is 86.2 cm³/mol. The second-order valence-electron chi connectivity index (χ2n) is 4.79. The molecule has 0 heterocycles. The fourth-order valence-electron chi connectivity index (χ4n) is 2.02. The van der Waals surface area contributed by atoms with Crippen LogP contribution in [-0.4, -0.2) is 18.3 Å². The van der Waals surface area contributed by atoms with Gasteiger partial charge in [-0.2, -0.15) is 0 Å². The molecule has 0 unspecified atom stereocenters. The van der Waals surface area contributed by atoms with E-state index in [-0.39, 0.29) is 24.5 Å². The fraction of sp³-hybridized carbons (Fsp3) is 0.222. The summed E-state index contributed by atoms with van der Waals surface area (Å²) in [5, 5.41) is 2.77. The Bertz CT molecular complexity index is 621. The SMILES string of the molecule is CCOc1ccc(NC(=O)CCC(=O)c2ccccc2)cc1. The van der Waals surface area contributed by atoms with Gasteiger partial charge in [-0.15, -0.1) is 0 Å². The van der Waals surface area contributed by atoms with Crippen LogP contribution >= 0.6 is 0 Å². The Kier molecular flexibility index (Phi) is 5.72. The number of hydrogen-bond acceptors (Lipinski definition) is 3. The molecule has 114 valence electrons. The van der Waals surface area contributed by atoms with Crippen molar-refractivity contribution in [3.8, 4) is 5.75 Å². The number of rotatable bonds is 7. The number of anilines is 1. The van der Waals surface area contributed by atoms with Gasteiger partial charge >= 0.3 is 0 Å². The molecule has 0 fully saturated rings. The van der Waals surface area contributed by atoms with Crippen molar-refractivity contribution in [2.75, 3.05) is 11.9 Å². The van der Waals surface area contributed by atoms with Crippen molar-refractivity contribution < 1.29 is 14.3 Å². The van der Waals surface area contributed by atoms with Crippen molar-refractivity contribution in [2.24, 2.45) is 0 Å². The lowest BCUT2D eigenvalue weighted by Gasteiger charge is -2.07. The summed E-state index contributed by atoms with van der Waals surface area (Å²) in [7, 11) is 0. The second kappa shape index (κ2) is 7.98. The van der Waals surface area contributed by atoms with Gasteiger partial charge in [0.1, 0.15) is 5.75 Å². The van der Waals surface area contributed by atoms with Gasteiger partial charge in [-0.3, -0.25) is 9.59 Å². The topological polar surface area (TPSA) is 55.4 Å². The summed E-state index contributed by atoms with van der Waals surface area (Å²) in [5.41, 5.74) is 1.33. The summed E-state index contributed by atoms with van der Waals surface area (Å²) >= 11 is 0. The quantitative estimate of drug-likeness (QED) is 0.793. The van der Waals surface area contributed by atoms with Gasteiger partial charge in [-0.1, -0.05) is 30.3 Å². The van der Waals surface area contributed by atoms with Crippen LogP contribution in [0.3, 0.4) is 0 Å². The third kappa shape index (κ3) is 4.74. The van der Waals surface area contributed by atoms with E-state index < -0.39 is 0 Å². The van der Waals surface area contributed by atoms with Gasteiger partial charge in [0, 0.05) is 24.1 Å². The number of nitrogens with one attached hydrogen (secondary N) is 1. The van der Waals surface area contributed by atoms with E-state index >= 15 is 0 Å². The molecule has 2 rings (SSSR count). The van der Waals surface area contributed by atoms with Gasteiger partial charge in [0.15, 0.2) is 5.78 Å². The molecule has 0 radical (unpaired) electrons. The Morgan fingerprint density at radius 1 is 0.955 bits per heavy atom. The molecular weight excluding hydrogens is 278 g/mol. The summed E-state index contributed by atoms with van der Waals surface area (Å²) in [5.74, 6) is 0.565. The van der Waals surface area contributed by atoms with Gasteiger partial charge in [-0.25, -0.2) is 0 Å². The molecular formula is C18H19NO3. The van der Waals surface area contributed by atoms with E-state index in [1.54, 1.807) is 36.4 Å². The number of carbonyl (C=O) groups is 2. The maximum absolute atomic E-state index is 11.9. The first-order chi connectivity index (χ1) is 10.7. The maximum Gasteiger partial charge on any atom is 0.224 e. The van der Waals surface area contributed by atoms with Crippen molar-refractivity contribution in [2.45, 2.75) is 19.8 Å². The molecule has 4 nitrogen and oxygen atoms in total. The van der Waals surface area contributed by atoms with E-state index in [0.29, 0.717) is 17.9 Å². The van der Waals surface area contributed by atoms with Crippen LogP contribution in [0, 0.1) is 0 Å². The van der Waals surface area contributed by atoms with Crippen molar-refractivity contribution in [1.82, 2.24) is 0 Å². The lowest BCUT2D eigenvalue weighted by molar-refractivity contribution is -0.116. The standard InChI is InChI=1S/C18H19NO3/c1-2-22-16-10-8-15(9-11-16)19-18(21)13-12-17(20)14-6-4-3-5-7-14/h3-11H,2,12-13H2,1H3,(H,19,21). The number of ketones is 1. The minimum absolute atomic E-state index is 0.0255. The summed E-state index contributed by atoms with van der Waals surface area (Å²) in [6.45, 7) is 2.52. The van der Waals surface area contributed by atoms with Crippen LogP contribution in [0.1, 0.15) is 30.1 Å². The molecule has 0 saturated heterocycles. The zero-order valence-corrected chi connectivity index (χ0v) is 12.5. The van der Waals surface area contributed by atoms with E-state index in [1.807, 2.05) is 25.1 Å². The lowest BCUT2D eigenvalue weighted by Crippen LogP contribution is -2.13. The molecule has 0 bridgehead atoms. The van der Waals surface area contributed by atoms with Gasteiger partial charge in [0.25, 0.3) is 0 Å². The zero-order chi connectivity index (χ0) is 15.8. The first kappa shape index (κ1) is 15.8. The largest absolute Gasteiger partial charge is 0.494 e. The highest BCUT2D eigenvalue weighted by atomic mass is 16.5. The average molecular weight is 297 g/mol. The lowest BCUT2D eigenvalue weighted by atomic mass is 10.1. The molecule has 0 aliphatic heterocycles. The van der Waals surface area contributed by atoms with Crippen LogP contribution in [0.25, 0.3) is 0 Å². The first-order valence-electron chi connectivity index (χ1n) is 7.30. The van der Waals surface area contributed by atoms with Crippen molar-refractivity contribution in [3.05, 3.63) is 60.2 Å². The number of benzene rings is 2. The number of hydrogen-bond donors (Lipinski definition) is 1. The van der Waals surface area contributed by atoms with Crippen LogP contribution < -0.4 is 10.1 Å². The van der Waals surface area contributed by atoms with Gasteiger partial charge in [0.05, 0.1) is 6.61 Å². The minimum Gasteiger partial charge on any atom is -0.494 e. The van der Waals surface area contributed by atoms with Crippen molar-refractivity contribution in [3.63, 3.8) is 0 Å². The fourth-order valence-corrected chi connectivity index (χ4v) is 2.02. The van der Waals surface area contributed by atoms with Gasteiger partial charge < -0.3 is 10.1 Å². The zero-order valence-electron chi connectivity index (χ0n) is 12.5. The molecule has 1 amide bonds. The summed E-state index contributed by atoms with van der Waals surface area (Å²) in [6, 6.07) is 16.2. The molecule has 1 N–H and O–H groups in total. The molecule has 0 atom stereocenters. The van der Waals surface area contributed by atoms with Crippen LogP contribution in [-0.2, 0) is 4.79 Å². The Labute approximate surface area is 130 Å². The molecule has 2 aromatic carbocycles. The molecule has 2 aromatic rings. The molecule has 0 spiro atoms. The van der Waals surface area contributed by atoms with Gasteiger partial charge in [0.2, 0.25) is 5.91 Å². The average Bonchev–Trinajstić information content (AvgIpc) is 2.55. The van der Waals surface area contributed by atoms with E-state index in [2.05, 4.69) is 5.32 Å². The van der Waals surface area contributed by atoms with Crippen LogP contribution in [0.4, 0.5) is 5.69 Å². The summed E-state index contributed by atoms with van der Waals surface area (Å²) in [6.07, 6.45) is 0.369. The van der Waals surface area contributed by atoms with Crippen LogP contribution in [0.2, 0.25) is 0 Å². The Morgan fingerprint density at radius 3 is 2.27 bits per heavy atom. The van der Waals surface area contributed by atoms with Crippen molar-refractivity contribution >= 4 is 17.4 Å². The highest BCUT2D eigenvalue weighted by Gasteiger charge is 2.09. The number of Topliss-reactive ketones (excluding diaryl/α,β-unsaturated/α-hetero) is 1. The normalized spacial score (nSPS) is 10.0. The summed E-state index contributed by atoms with van der Waals surface area (Å²) < 4.78 is 5.34. The van der Waals surface area contributed by atoms with Gasteiger partial charge in [-0.05, 0) is 31.2 Å². The smallest absolute Gasteiger partial charge is 0.224 e. The number of amides is 1. The Morgan fingerprint density at radius 2 is 1.64 bits per heavy atom. The molecule has 0 aliphatic rings. The predicted octanol–water partition coefficient (Wildman–Crippen LogP) is 3.69. The van der Waals surface area contributed by atoms with Crippen molar-refractivity contribution in [1.29, 1.82) is 0 Å².